The van der Waals surface area contributed by atoms with Gasteiger partial charge in [0, 0.05) is 19.6 Å². The van der Waals surface area contributed by atoms with Crippen LogP contribution in [0.15, 0.2) is 12.2 Å². The SMILES string of the molecule is C=C(CNC)CN(CCC)CC1CC1. The number of likely N-dealkylation sites (N-methyl/N-ethyl adjacent to an activating group) is 1. The first kappa shape index (κ1) is 11.7. The second kappa shape index (κ2) is 6.20. The molecule has 1 rings (SSSR count). The van der Waals surface area contributed by atoms with Crippen LogP contribution in [-0.4, -0.2) is 38.1 Å². The summed E-state index contributed by atoms with van der Waals surface area (Å²) in [5.74, 6) is 0.990. The van der Waals surface area contributed by atoms with Gasteiger partial charge in [0.15, 0.2) is 0 Å². The van der Waals surface area contributed by atoms with Gasteiger partial charge in [0.25, 0.3) is 0 Å². The average molecular weight is 196 g/mol. The number of nitrogens with zero attached hydrogens (tertiary/aromatic N) is 1. The molecule has 2 nitrogen and oxygen atoms in total. The third-order valence-electron chi connectivity index (χ3n) is 2.63. The molecule has 0 atom stereocenters. The van der Waals surface area contributed by atoms with Gasteiger partial charge in [-0.05, 0) is 44.3 Å². The third-order valence-corrected chi connectivity index (χ3v) is 2.63. The second-order valence-corrected chi connectivity index (χ2v) is 4.46. The number of hydrogen-bond acceptors (Lipinski definition) is 2. The monoisotopic (exact) mass is 196 g/mol. The molecule has 0 spiro atoms. The molecule has 82 valence electrons. The molecule has 0 heterocycles. The Bertz CT molecular complexity index is 173. The van der Waals surface area contributed by atoms with E-state index in [1.807, 2.05) is 7.05 Å². The number of hydrogen-bond donors (Lipinski definition) is 1. The Hall–Kier alpha value is -0.340. The number of nitrogens with one attached hydrogen (secondary N) is 1. The molecule has 0 amide bonds. The maximum absolute atomic E-state index is 4.09. The summed E-state index contributed by atoms with van der Waals surface area (Å²) in [6, 6.07) is 0. The van der Waals surface area contributed by atoms with Crippen LogP contribution < -0.4 is 5.32 Å². The van der Waals surface area contributed by atoms with E-state index in [-0.39, 0.29) is 0 Å². The highest BCUT2D eigenvalue weighted by molar-refractivity contribution is 4.99. The van der Waals surface area contributed by atoms with E-state index in [0.717, 1.165) is 19.0 Å². The van der Waals surface area contributed by atoms with Crippen molar-refractivity contribution >= 4 is 0 Å². The van der Waals surface area contributed by atoms with Crippen LogP contribution in [-0.2, 0) is 0 Å². The highest BCUT2D eigenvalue weighted by Gasteiger charge is 2.23. The van der Waals surface area contributed by atoms with Crippen LogP contribution >= 0.6 is 0 Å². The summed E-state index contributed by atoms with van der Waals surface area (Å²) in [4.78, 5) is 2.55. The normalized spacial score (nSPS) is 16.2. The van der Waals surface area contributed by atoms with Crippen molar-refractivity contribution in [2.24, 2.45) is 5.92 Å². The third kappa shape index (κ3) is 4.77. The molecule has 1 fully saturated rings. The highest BCUT2D eigenvalue weighted by atomic mass is 15.1. The fraction of sp³-hybridized carbons (Fsp3) is 0.833. The molecule has 1 N–H and O–H groups in total. The fourth-order valence-corrected chi connectivity index (χ4v) is 1.84. The van der Waals surface area contributed by atoms with Crippen molar-refractivity contribution in [3.8, 4) is 0 Å². The highest BCUT2D eigenvalue weighted by Crippen LogP contribution is 2.29. The summed E-state index contributed by atoms with van der Waals surface area (Å²) in [5, 5.41) is 3.16. The Morgan fingerprint density at radius 3 is 2.71 bits per heavy atom. The van der Waals surface area contributed by atoms with Crippen LogP contribution in [0.25, 0.3) is 0 Å². The average Bonchev–Trinajstić information content (AvgIpc) is 2.89. The summed E-state index contributed by atoms with van der Waals surface area (Å²) in [5.41, 5.74) is 1.31. The van der Waals surface area contributed by atoms with Crippen LogP contribution in [0.1, 0.15) is 26.2 Å². The van der Waals surface area contributed by atoms with Gasteiger partial charge in [-0.15, -0.1) is 0 Å². The molecule has 2 heteroatoms. The smallest absolute Gasteiger partial charge is 0.0202 e. The summed E-state index contributed by atoms with van der Waals surface area (Å²) in [7, 11) is 1.98. The first-order chi connectivity index (χ1) is 6.76. The van der Waals surface area contributed by atoms with E-state index in [1.165, 1.54) is 37.9 Å². The van der Waals surface area contributed by atoms with Crippen molar-refractivity contribution in [1.29, 1.82) is 0 Å². The van der Waals surface area contributed by atoms with Crippen LogP contribution in [0, 0.1) is 5.92 Å². The summed E-state index contributed by atoms with van der Waals surface area (Å²) >= 11 is 0. The van der Waals surface area contributed by atoms with Crippen molar-refractivity contribution in [1.82, 2.24) is 10.2 Å². The molecule has 0 saturated heterocycles. The molecule has 0 aromatic carbocycles. The van der Waals surface area contributed by atoms with Crippen LogP contribution in [0.2, 0.25) is 0 Å². The Morgan fingerprint density at radius 2 is 2.21 bits per heavy atom. The lowest BCUT2D eigenvalue weighted by Gasteiger charge is -2.22. The minimum Gasteiger partial charge on any atom is -0.316 e. The quantitative estimate of drug-likeness (QED) is 0.596. The minimum absolute atomic E-state index is 0.949. The second-order valence-electron chi connectivity index (χ2n) is 4.46. The minimum atomic E-state index is 0.949. The van der Waals surface area contributed by atoms with E-state index in [0.29, 0.717) is 0 Å². The van der Waals surface area contributed by atoms with E-state index in [2.05, 4.69) is 23.7 Å². The zero-order valence-corrected chi connectivity index (χ0v) is 9.68. The van der Waals surface area contributed by atoms with Crippen LogP contribution in [0.5, 0.6) is 0 Å². The summed E-state index contributed by atoms with van der Waals surface area (Å²) in [6.45, 7) is 10.9. The first-order valence-electron chi connectivity index (χ1n) is 5.79. The molecule has 0 aromatic heterocycles. The van der Waals surface area contributed by atoms with Gasteiger partial charge in [0.1, 0.15) is 0 Å². The van der Waals surface area contributed by atoms with E-state index < -0.39 is 0 Å². The predicted molar refractivity (Wildman–Crippen MR) is 62.5 cm³/mol. The van der Waals surface area contributed by atoms with Crippen LogP contribution in [0.4, 0.5) is 0 Å². The van der Waals surface area contributed by atoms with Crippen molar-refractivity contribution in [3.05, 3.63) is 12.2 Å². The van der Waals surface area contributed by atoms with Gasteiger partial charge in [0.2, 0.25) is 0 Å². The molecule has 1 saturated carbocycles. The molecule has 0 unspecified atom stereocenters. The zero-order chi connectivity index (χ0) is 10.4. The first-order valence-corrected chi connectivity index (χ1v) is 5.79. The van der Waals surface area contributed by atoms with E-state index in [4.69, 9.17) is 0 Å². The predicted octanol–water partition coefficient (Wildman–Crippen LogP) is 1.88. The van der Waals surface area contributed by atoms with E-state index in [1.54, 1.807) is 0 Å². The lowest BCUT2D eigenvalue weighted by molar-refractivity contribution is 0.283. The van der Waals surface area contributed by atoms with E-state index in [9.17, 15) is 0 Å². The molecule has 0 bridgehead atoms. The maximum Gasteiger partial charge on any atom is 0.0202 e. The molecule has 0 radical (unpaired) electrons. The van der Waals surface area contributed by atoms with Gasteiger partial charge < -0.3 is 5.32 Å². The van der Waals surface area contributed by atoms with Gasteiger partial charge in [-0.25, -0.2) is 0 Å². The van der Waals surface area contributed by atoms with Gasteiger partial charge >= 0.3 is 0 Å². The lowest BCUT2D eigenvalue weighted by atomic mass is 10.2. The van der Waals surface area contributed by atoms with Crippen molar-refractivity contribution < 1.29 is 0 Å². The Morgan fingerprint density at radius 1 is 1.50 bits per heavy atom. The molecule has 0 aromatic rings. The largest absolute Gasteiger partial charge is 0.316 e. The molecule has 14 heavy (non-hydrogen) atoms. The molecular weight excluding hydrogens is 172 g/mol. The van der Waals surface area contributed by atoms with Crippen molar-refractivity contribution in [3.63, 3.8) is 0 Å². The van der Waals surface area contributed by atoms with Gasteiger partial charge in [0.05, 0.1) is 0 Å². The molecular formula is C12H24N2. The van der Waals surface area contributed by atoms with E-state index >= 15 is 0 Å². The maximum atomic E-state index is 4.09. The number of rotatable bonds is 8. The topological polar surface area (TPSA) is 15.3 Å². The summed E-state index contributed by atoms with van der Waals surface area (Å²) in [6.07, 6.45) is 4.14. The molecule has 0 aliphatic heterocycles. The standard InChI is InChI=1S/C12H24N2/c1-4-7-14(10-12-5-6-12)9-11(2)8-13-3/h12-13H,2,4-10H2,1,3H3. The molecule has 1 aliphatic rings. The molecule has 1 aliphatic carbocycles. The van der Waals surface area contributed by atoms with Gasteiger partial charge in [-0.3, -0.25) is 4.90 Å². The lowest BCUT2D eigenvalue weighted by Crippen LogP contribution is -2.31. The Balaban J connectivity index is 2.21. The fourth-order valence-electron chi connectivity index (χ4n) is 1.84. The Kier molecular flexibility index (Phi) is 5.20. The van der Waals surface area contributed by atoms with Crippen molar-refractivity contribution in [2.75, 3.05) is 33.2 Å². The zero-order valence-electron chi connectivity index (χ0n) is 9.68. The summed E-state index contributed by atoms with van der Waals surface area (Å²) < 4.78 is 0. The Labute approximate surface area is 88.4 Å². The van der Waals surface area contributed by atoms with Gasteiger partial charge in [-0.1, -0.05) is 13.5 Å². The van der Waals surface area contributed by atoms with Gasteiger partial charge in [-0.2, -0.15) is 0 Å². The van der Waals surface area contributed by atoms with Crippen LogP contribution in [0.3, 0.4) is 0 Å². The van der Waals surface area contributed by atoms with Crippen molar-refractivity contribution in [2.45, 2.75) is 26.2 Å².